The highest BCUT2D eigenvalue weighted by molar-refractivity contribution is 5.89. The Morgan fingerprint density at radius 2 is 1.78 bits per heavy atom. The topological polar surface area (TPSA) is 76.8 Å². The van der Waals surface area contributed by atoms with Crippen molar-refractivity contribution in [3.63, 3.8) is 0 Å². The van der Waals surface area contributed by atoms with Crippen LogP contribution in [-0.2, 0) is 13.2 Å². The van der Waals surface area contributed by atoms with E-state index in [1.807, 2.05) is 58.2 Å². The van der Waals surface area contributed by atoms with Crippen LogP contribution < -0.4 is 14.4 Å². The van der Waals surface area contributed by atoms with Crippen LogP contribution in [-0.4, -0.2) is 34.3 Å². The quantitative estimate of drug-likeness (QED) is 0.215. The van der Waals surface area contributed by atoms with Crippen molar-refractivity contribution in [1.29, 1.82) is 0 Å². The lowest BCUT2D eigenvalue weighted by Crippen LogP contribution is -2.19. The summed E-state index contributed by atoms with van der Waals surface area (Å²) in [6.45, 7) is 8.37. The normalized spacial score (nSPS) is 11.5. The molecule has 7 nitrogen and oxygen atoms in total. The summed E-state index contributed by atoms with van der Waals surface area (Å²) in [6, 6.07) is 16.9. The maximum absolute atomic E-state index is 13.1. The Hall–Kier alpha value is -4.47. The fraction of sp³-hybridized carbons (Fsp3) is 0.290. The lowest BCUT2D eigenvalue weighted by atomic mass is 10.0. The molecule has 216 valence electrons. The maximum Gasteiger partial charge on any atom is 0.573 e. The van der Waals surface area contributed by atoms with E-state index in [1.54, 1.807) is 25.3 Å². The number of nitrogens with zero attached hydrogens (tertiary/aromatic N) is 3. The van der Waals surface area contributed by atoms with Crippen molar-refractivity contribution >= 4 is 11.7 Å². The van der Waals surface area contributed by atoms with Gasteiger partial charge in [0.15, 0.2) is 5.75 Å². The number of alkyl halides is 3. The summed E-state index contributed by atoms with van der Waals surface area (Å²) in [5.41, 5.74) is 5.55. The largest absolute Gasteiger partial charge is 0.573 e. The van der Waals surface area contributed by atoms with Gasteiger partial charge in [0.2, 0.25) is 0 Å². The SMILES string of the molecule is Cc1cc(CN(C)c2ccc(OCc3c(C(C)C)cnn3-c3ccccc3OC(F)(F)F)cc2C)ccc1C(=O)O. The van der Waals surface area contributed by atoms with Gasteiger partial charge in [-0.05, 0) is 78.4 Å². The van der Waals surface area contributed by atoms with Crippen molar-refractivity contribution in [2.45, 2.75) is 53.1 Å². The molecule has 0 aliphatic carbocycles. The molecule has 0 saturated carbocycles. The van der Waals surface area contributed by atoms with Gasteiger partial charge in [0.25, 0.3) is 0 Å². The van der Waals surface area contributed by atoms with Gasteiger partial charge in [0, 0.05) is 19.3 Å². The number of aromatic carboxylic acids is 1. The first-order chi connectivity index (χ1) is 19.3. The first-order valence-corrected chi connectivity index (χ1v) is 13.0. The summed E-state index contributed by atoms with van der Waals surface area (Å²) < 4.78 is 51.0. The Labute approximate surface area is 236 Å². The van der Waals surface area contributed by atoms with E-state index in [2.05, 4.69) is 14.7 Å². The Balaban J connectivity index is 1.54. The highest BCUT2D eigenvalue weighted by Gasteiger charge is 2.33. The molecule has 10 heteroatoms. The molecule has 3 aromatic carbocycles. The van der Waals surface area contributed by atoms with Crippen molar-refractivity contribution in [1.82, 2.24) is 9.78 Å². The van der Waals surface area contributed by atoms with Crippen LogP contribution in [0.3, 0.4) is 0 Å². The van der Waals surface area contributed by atoms with E-state index in [0.717, 1.165) is 22.4 Å². The number of carbonyl (C=O) groups is 1. The number of rotatable bonds is 10. The molecule has 0 radical (unpaired) electrons. The first-order valence-electron chi connectivity index (χ1n) is 13.0. The molecule has 0 bridgehead atoms. The minimum Gasteiger partial charge on any atom is -0.487 e. The van der Waals surface area contributed by atoms with Crippen LogP contribution in [0.25, 0.3) is 5.69 Å². The number of carboxylic acids is 1. The molecule has 0 fully saturated rings. The molecular formula is C31H32F3N3O4. The van der Waals surface area contributed by atoms with Crippen molar-refractivity contribution < 1.29 is 32.5 Å². The summed E-state index contributed by atoms with van der Waals surface area (Å²) in [5.74, 6) is -0.639. The monoisotopic (exact) mass is 567 g/mol. The van der Waals surface area contributed by atoms with Crippen molar-refractivity contribution in [2.75, 3.05) is 11.9 Å². The Bertz CT molecular complexity index is 1550. The summed E-state index contributed by atoms with van der Waals surface area (Å²) >= 11 is 0. The average molecular weight is 568 g/mol. The molecular weight excluding hydrogens is 535 g/mol. The Kier molecular flexibility index (Phi) is 8.60. The van der Waals surface area contributed by atoms with Crippen molar-refractivity contribution in [3.8, 4) is 17.2 Å². The third-order valence-corrected chi connectivity index (χ3v) is 6.74. The average Bonchev–Trinajstić information content (AvgIpc) is 3.30. The van der Waals surface area contributed by atoms with E-state index < -0.39 is 12.3 Å². The second-order valence-corrected chi connectivity index (χ2v) is 10.2. The van der Waals surface area contributed by atoms with Gasteiger partial charge in [0.1, 0.15) is 18.0 Å². The number of benzene rings is 3. The maximum atomic E-state index is 13.1. The minimum absolute atomic E-state index is 0.0593. The van der Waals surface area contributed by atoms with Gasteiger partial charge < -0.3 is 19.5 Å². The van der Waals surface area contributed by atoms with Gasteiger partial charge in [0.05, 0.1) is 17.5 Å². The number of aryl methyl sites for hydroxylation is 2. The van der Waals surface area contributed by atoms with Crippen LogP contribution in [0.15, 0.2) is 66.9 Å². The summed E-state index contributed by atoms with van der Waals surface area (Å²) in [7, 11) is 1.96. The lowest BCUT2D eigenvalue weighted by molar-refractivity contribution is -0.274. The molecule has 1 N–H and O–H groups in total. The molecule has 0 atom stereocenters. The molecule has 41 heavy (non-hydrogen) atoms. The van der Waals surface area contributed by atoms with E-state index in [0.29, 0.717) is 23.6 Å². The number of halogens is 3. The molecule has 1 heterocycles. The van der Waals surface area contributed by atoms with Crippen molar-refractivity contribution in [2.24, 2.45) is 0 Å². The third-order valence-electron chi connectivity index (χ3n) is 6.74. The number of para-hydroxylation sites is 2. The Morgan fingerprint density at radius 3 is 2.41 bits per heavy atom. The van der Waals surface area contributed by atoms with Crippen molar-refractivity contribution in [3.05, 3.63) is 100 Å². The van der Waals surface area contributed by atoms with E-state index in [1.165, 1.54) is 22.9 Å². The predicted octanol–water partition coefficient (Wildman–Crippen LogP) is 7.42. The summed E-state index contributed by atoms with van der Waals surface area (Å²) in [5, 5.41) is 13.7. The fourth-order valence-corrected chi connectivity index (χ4v) is 4.78. The van der Waals surface area contributed by atoms with Gasteiger partial charge in [-0.1, -0.05) is 38.1 Å². The van der Waals surface area contributed by atoms with E-state index >= 15 is 0 Å². The molecule has 0 amide bonds. The number of ether oxygens (including phenoxy) is 2. The second-order valence-electron chi connectivity index (χ2n) is 10.2. The molecule has 0 spiro atoms. The molecule has 4 rings (SSSR count). The molecule has 1 aromatic heterocycles. The molecule has 4 aromatic rings. The zero-order valence-corrected chi connectivity index (χ0v) is 23.5. The van der Waals surface area contributed by atoms with Crippen LogP contribution in [0.4, 0.5) is 18.9 Å². The number of hydrogen-bond acceptors (Lipinski definition) is 5. The third kappa shape index (κ3) is 7.00. The number of aromatic nitrogens is 2. The highest BCUT2D eigenvalue weighted by atomic mass is 19.4. The van der Waals surface area contributed by atoms with Crippen LogP contribution in [0.2, 0.25) is 0 Å². The molecule has 0 unspecified atom stereocenters. The number of anilines is 1. The second kappa shape index (κ2) is 12.0. The van der Waals surface area contributed by atoms with Gasteiger partial charge >= 0.3 is 12.3 Å². The van der Waals surface area contributed by atoms with E-state index in [9.17, 15) is 23.1 Å². The van der Waals surface area contributed by atoms with Gasteiger partial charge in [-0.15, -0.1) is 13.2 Å². The summed E-state index contributed by atoms with van der Waals surface area (Å²) in [4.78, 5) is 13.4. The molecule has 0 aliphatic rings. The zero-order valence-electron chi connectivity index (χ0n) is 23.5. The van der Waals surface area contributed by atoms with Gasteiger partial charge in [-0.25, -0.2) is 9.48 Å². The van der Waals surface area contributed by atoms with Crippen LogP contribution in [0.5, 0.6) is 11.5 Å². The zero-order chi connectivity index (χ0) is 29.9. The number of hydrogen-bond donors (Lipinski definition) is 1. The standard InChI is InChI=1S/C31H32F3N3O4/c1-19(2)25-16-35-37(27-8-6-7-9-29(27)41-31(32,33)34)28(25)18-40-23-11-13-26(21(4)15-23)36(5)17-22-10-12-24(30(38)39)20(3)14-22/h6-16,19H,17-18H2,1-5H3,(H,38,39). The smallest absolute Gasteiger partial charge is 0.487 e. The highest BCUT2D eigenvalue weighted by Crippen LogP contribution is 2.32. The Morgan fingerprint density at radius 1 is 1.05 bits per heavy atom. The first kappa shape index (κ1) is 29.5. The van der Waals surface area contributed by atoms with Gasteiger partial charge in [-0.2, -0.15) is 5.10 Å². The molecule has 0 saturated heterocycles. The van der Waals surface area contributed by atoms with Crippen LogP contribution in [0, 0.1) is 13.8 Å². The van der Waals surface area contributed by atoms with Crippen LogP contribution >= 0.6 is 0 Å². The summed E-state index contributed by atoms with van der Waals surface area (Å²) in [6.07, 6.45) is -3.20. The fourth-order valence-electron chi connectivity index (χ4n) is 4.78. The molecule has 0 aliphatic heterocycles. The number of carboxylic acid groups (broad SMARTS) is 1. The predicted molar refractivity (Wildman–Crippen MR) is 150 cm³/mol. The van der Waals surface area contributed by atoms with Gasteiger partial charge in [-0.3, -0.25) is 0 Å². The lowest BCUT2D eigenvalue weighted by Gasteiger charge is -2.23. The van der Waals surface area contributed by atoms with E-state index in [-0.39, 0.29) is 29.5 Å². The minimum atomic E-state index is -4.84. The van der Waals surface area contributed by atoms with Crippen LogP contribution in [0.1, 0.15) is 58.1 Å². The van der Waals surface area contributed by atoms with E-state index in [4.69, 9.17) is 4.74 Å².